The fourth-order valence-electron chi connectivity index (χ4n) is 1.70. The molecular formula is C14H18N2O4S. The molecule has 0 amide bonds. The molecule has 0 saturated heterocycles. The third kappa shape index (κ3) is 3.42. The Balaban J connectivity index is 3.22. The van der Waals surface area contributed by atoms with Crippen LogP contribution in [0.1, 0.15) is 12.5 Å². The number of hydrogen-bond acceptors (Lipinski definition) is 4. The van der Waals surface area contributed by atoms with Gasteiger partial charge in [-0.1, -0.05) is 18.1 Å². The van der Waals surface area contributed by atoms with Gasteiger partial charge in [-0.25, -0.2) is 17.5 Å². The first-order valence-corrected chi connectivity index (χ1v) is 7.55. The Morgan fingerprint density at radius 3 is 2.29 bits per heavy atom. The Morgan fingerprint density at radius 1 is 1.38 bits per heavy atom. The van der Waals surface area contributed by atoms with Crippen LogP contribution in [0, 0.1) is 12.3 Å². The van der Waals surface area contributed by atoms with E-state index in [9.17, 15) is 18.3 Å². The minimum atomic E-state index is -3.54. The molecule has 0 aliphatic heterocycles. The maximum atomic E-state index is 12.0. The fraction of sp³-hybridized carbons (Fsp3) is 0.357. The molecule has 0 radical (unpaired) electrons. The van der Waals surface area contributed by atoms with Crippen molar-refractivity contribution >= 4 is 16.0 Å². The third-order valence-corrected chi connectivity index (χ3v) is 5.01. The van der Waals surface area contributed by atoms with Crippen LogP contribution in [0.3, 0.4) is 0 Å². The number of nitrogens with one attached hydrogen (secondary N) is 1. The molecule has 0 spiro atoms. The van der Waals surface area contributed by atoms with E-state index in [-0.39, 0.29) is 11.4 Å². The van der Waals surface area contributed by atoms with Gasteiger partial charge in [-0.3, -0.25) is 5.32 Å². The van der Waals surface area contributed by atoms with E-state index in [1.54, 1.807) is 0 Å². The van der Waals surface area contributed by atoms with Gasteiger partial charge in [0.15, 0.2) is 0 Å². The Morgan fingerprint density at radius 2 is 1.90 bits per heavy atom. The lowest BCUT2D eigenvalue weighted by atomic mass is 9.92. The molecule has 21 heavy (non-hydrogen) atoms. The molecule has 0 fully saturated rings. The fourth-order valence-corrected chi connectivity index (χ4v) is 2.60. The van der Waals surface area contributed by atoms with Crippen molar-refractivity contribution in [2.45, 2.75) is 17.4 Å². The average Bonchev–Trinajstić information content (AvgIpc) is 2.44. The molecule has 1 atom stereocenters. The summed E-state index contributed by atoms with van der Waals surface area (Å²) in [7, 11) is -0.684. The number of aliphatic carboxylic acids is 1. The predicted molar refractivity (Wildman–Crippen MR) is 79.1 cm³/mol. The number of hydrogen-bond donors (Lipinski definition) is 2. The summed E-state index contributed by atoms with van der Waals surface area (Å²) in [6.45, 7) is 1.56. The zero-order chi connectivity index (χ0) is 16.3. The minimum absolute atomic E-state index is 0.0839. The second kappa shape index (κ2) is 6.26. The number of carbonyl (C=O) groups is 1. The van der Waals surface area contributed by atoms with Gasteiger partial charge in [0.25, 0.3) is 0 Å². The molecule has 0 saturated carbocycles. The standard InChI is InChI=1S/C14H18N2O4S/c1-5-10-15-14(2,13(17)18)11-6-8-12(9-7-11)21(19,20)16(3)4/h1,6-9,15H,10H2,2-4H3,(H,17,18). The number of carboxylic acid groups (broad SMARTS) is 1. The van der Waals surface area contributed by atoms with Gasteiger partial charge in [-0.15, -0.1) is 6.42 Å². The molecule has 6 nitrogen and oxygen atoms in total. The van der Waals surface area contributed by atoms with E-state index >= 15 is 0 Å². The molecule has 7 heteroatoms. The Kier molecular flexibility index (Phi) is 5.12. The highest BCUT2D eigenvalue weighted by molar-refractivity contribution is 7.89. The smallest absolute Gasteiger partial charge is 0.328 e. The van der Waals surface area contributed by atoms with E-state index in [0.29, 0.717) is 5.56 Å². The summed E-state index contributed by atoms with van der Waals surface area (Å²) in [6, 6.07) is 5.69. The van der Waals surface area contributed by atoms with Gasteiger partial charge in [0, 0.05) is 14.1 Å². The third-order valence-electron chi connectivity index (χ3n) is 3.18. The number of sulfonamides is 1. The second-order valence-electron chi connectivity index (χ2n) is 4.80. The van der Waals surface area contributed by atoms with E-state index in [0.717, 1.165) is 4.31 Å². The molecule has 0 heterocycles. The average molecular weight is 310 g/mol. The maximum absolute atomic E-state index is 12.0. The molecule has 1 unspecified atom stereocenters. The molecule has 0 aliphatic rings. The molecule has 0 bridgehead atoms. The van der Waals surface area contributed by atoms with Gasteiger partial charge >= 0.3 is 5.97 Å². The molecular weight excluding hydrogens is 292 g/mol. The van der Waals surface area contributed by atoms with Gasteiger partial charge in [-0.05, 0) is 24.6 Å². The highest BCUT2D eigenvalue weighted by Crippen LogP contribution is 2.23. The topological polar surface area (TPSA) is 86.7 Å². The first-order valence-electron chi connectivity index (χ1n) is 6.11. The normalized spacial score (nSPS) is 14.4. The van der Waals surface area contributed by atoms with Crippen molar-refractivity contribution in [1.29, 1.82) is 0 Å². The van der Waals surface area contributed by atoms with Crippen molar-refractivity contribution < 1.29 is 18.3 Å². The molecule has 114 valence electrons. The van der Waals surface area contributed by atoms with Crippen LogP contribution in [-0.2, 0) is 20.4 Å². The Hall–Kier alpha value is -1.88. The van der Waals surface area contributed by atoms with Crippen molar-refractivity contribution in [3.63, 3.8) is 0 Å². The van der Waals surface area contributed by atoms with Crippen LogP contribution in [0.25, 0.3) is 0 Å². The summed E-state index contributed by atoms with van der Waals surface area (Å²) in [5.41, 5.74) is -0.963. The van der Waals surface area contributed by atoms with Gasteiger partial charge in [0.2, 0.25) is 10.0 Å². The van der Waals surface area contributed by atoms with E-state index in [4.69, 9.17) is 6.42 Å². The second-order valence-corrected chi connectivity index (χ2v) is 6.95. The first-order chi connectivity index (χ1) is 9.66. The zero-order valence-electron chi connectivity index (χ0n) is 12.1. The van der Waals surface area contributed by atoms with Gasteiger partial charge in [-0.2, -0.15) is 0 Å². The summed E-state index contributed by atoms with van der Waals surface area (Å²) in [6.07, 6.45) is 5.14. The molecule has 0 aromatic heterocycles. The predicted octanol–water partition coefficient (Wildman–Crippen LogP) is 0.460. The van der Waals surface area contributed by atoms with E-state index in [2.05, 4.69) is 11.2 Å². The molecule has 0 aliphatic carbocycles. The van der Waals surface area contributed by atoms with Crippen molar-refractivity contribution in [3.05, 3.63) is 29.8 Å². The van der Waals surface area contributed by atoms with Crippen molar-refractivity contribution in [1.82, 2.24) is 9.62 Å². The largest absolute Gasteiger partial charge is 0.480 e. The summed E-state index contributed by atoms with van der Waals surface area (Å²) in [5.74, 6) is 1.23. The van der Waals surface area contributed by atoms with Gasteiger partial charge in [0.1, 0.15) is 5.54 Å². The number of rotatable bonds is 6. The summed E-state index contributed by atoms with van der Waals surface area (Å²) >= 11 is 0. The lowest BCUT2D eigenvalue weighted by Gasteiger charge is -2.26. The van der Waals surface area contributed by atoms with Gasteiger partial charge in [0.05, 0.1) is 11.4 Å². The van der Waals surface area contributed by atoms with Crippen molar-refractivity contribution in [3.8, 4) is 12.3 Å². The first kappa shape index (κ1) is 17.2. The number of carboxylic acids is 1. The number of nitrogens with zero attached hydrogens (tertiary/aromatic N) is 1. The van der Waals surface area contributed by atoms with Crippen LogP contribution >= 0.6 is 0 Å². The van der Waals surface area contributed by atoms with Crippen LogP contribution in [-0.4, -0.2) is 44.4 Å². The van der Waals surface area contributed by atoms with Gasteiger partial charge < -0.3 is 5.11 Å². The van der Waals surface area contributed by atoms with Crippen LogP contribution in [0.5, 0.6) is 0 Å². The molecule has 1 aromatic carbocycles. The lowest BCUT2D eigenvalue weighted by molar-refractivity contribution is -0.144. The number of benzene rings is 1. The Bertz CT molecular complexity index is 659. The van der Waals surface area contributed by atoms with Crippen LogP contribution in [0.4, 0.5) is 0 Å². The van der Waals surface area contributed by atoms with E-state index in [1.165, 1.54) is 45.3 Å². The molecule has 2 N–H and O–H groups in total. The van der Waals surface area contributed by atoms with Crippen LogP contribution < -0.4 is 5.32 Å². The van der Waals surface area contributed by atoms with E-state index in [1.807, 2.05) is 0 Å². The van der Waals surface area contributed by atoms with Crippen molar-refractivity contribution in [2.75, 3.05) is 20.6 Å². The number of terminal acetylenes is 1. The monoisotopic (exact) mass is 310 g/mol. The quantitative estimate of drug-likeness (QED) is 0.746. The minimum Gasteiger partial charge on any atom is -0.480 e. The SMILES string of the molecule is C#CCNC(C)(C(=O)O)c1ccc(S(=O)(=O)N(C)C)cc1. The lowest BCUT2D eigenvalue weighted by Crippen LogP contribution is -2.46. The van der Waals surface area contributed by atoms with Crippen LogP contribution in [0.2, 0.25) is 0 Å². The molecule has 1 aromatic rings. The van der Waals surface area contributed by atoms with Crippen molar-refractivity contribution in [2.24, 2.45) is 0 Å². The maximum Gasteiger partial charge on any atom is 0.328 e. The molecule has 1 rings (SSSR count). The summed E-state index contributed by atoms with van der Waals surface area (Å²) in [4.78, 5) is 11.6. The van der Waals surface area contributed by atoms with E-state index < -0.39 is 21.5 Å². The van der Waals surface area contributed by atoms with Crippen LogP contribution in [0.15, 0.2) is 29.2 Å². The summed E-state index contributed by atoms with van der Waals surface area (Å²) in [5, 5.41) is 12.1. The highest BCUT2D eigenvalue weighted by atomic mass is 32.2. The highest BCUT2D eigenvalue weighted by Gasteiger charge is 2.34. The zero-order valence-corrected chi connectivity index (χ0v) is 12.9. The Labute approximate surface area is 124 Å². The summed E-state index contributed by atoms with van der Waals surface area (Å²) < 4.78 is 25.0.